The van der Waals surface area contributed by atoms with Crippen molar-refractivity contribution < 1.29 is 9.59 Å². The van der Waals surface area contributed by atoms with Gasteiger partial charge in [0.1, 0.15) is 0 Å². The van der Waals surface area contributed by atoms with Gasteiger partial charge in [-0.1, -0.05) is 35.3 Å². The predicted molar refractivity (Wildman–Crippen MR) is 148 cm³/mol. The summed E-state index contributed by atoms with van der Waals surface area (Å²) in [6.07, 6.45) is 0. The van der Waals surface area contributed by atoms with Crippen LogP contribution in [0.15, 0.2) is 76.3 Å². The molecule has 7 rings (SSSR count). The van der Waals surface area contributed by atoms with Crippen molar-refractivity contribution in [1.29, 1.82) is 0 Å². The van der Waals surface area contributed by atoms with Crippen molar-refractivity contribution >= 4 is 78.6 Å². The number of nitrogens with zero attached hydrogens (tertiary/aromatic N) is 1. The Balaban J connectivity index is 1.40. The van der Waals surface area contributed by atoms with Gasteiger partial charge in [-0.2, -0.15) is 0 Å². The number of aromatic nitrogens is 2. The van der Waals surface area contributed by atoms with E-state index in [-0.39, 0.29) is 17.4 Å². The van der Waals surface area contributed by atoms with Crippen molar-refractivity contribution in [1.82, 2.24) is 14.9 Å². The van der Waals surface area contributed by atoms with Crippen LogP contribution in [0.2, 0.25) is 10.0 Å². The highest BCUT2D eigenvalue weighted by molar-refractivity contribution is 6.32. The number of aromatic amines is 2. The molecule has 0 saturated heterocycles. The highest BCUT2D eigenvalue weighted by Gasteiger charge is 2.35. The maximum Gasteiger partial charge on any atom is 0.261 e. The van der Waals surface area contributed by atoms with Crippen molar-refractivity contribution in [2.75, 3.05) is 0 Å². The second kappa shape index (κ2) is 8.02. The Morgan fingerprint density at radius 3 is 1.76 bits per heavy atom. The van der Waals surface area contributed by atoms with Gasteiger partial charge in [0.15, 0.2) is 10.9 Å². The zero-order valence-electron chi connectivity index (χ0n) is 19.4. The minimum absolute atomic E-state index is 0.0730. The number of rotatable bonds is 2. The van der Waals surface area contributed by atoms with Crippen molar-refractivity contribution in [3.05, 3.63) is 114 Å². The summed E-state index contributed by atoms with van der Waals surface area (Å²) in [6.45, 7) is -0.0730. The molecule has 2 aromatic heterocycles. The first-order chi connectivity index (χ1) is 18.3. The lowest BCUT2D eigenvalue weighted by Gasteiger charge is -2.16. The first kappa shape index (κ1) is 22.7. The quantitative estimate of drug-likeness (QED) is 0.215. The number of carbonyl (C=O) groups is 2. The van der Waals surface area contributed by atoms with E-state index in [9.17, 15) is 19.2 Å². The summed E-state index contributed by atoms with van der Waals surface area (Å²) in [5, 5.41) is 2.42. The zero-order valence-corrected chi connectivity index (χ0v) is 20.9. The van der Waals surface area contributed by atoms with Crippen LogP contribution in [0, 0.1) is 0 Å². The van der Waals surface area contributed by atoms with Crippen LogP contribution in [0.4, 0.5) is 0 Å². The van der Waals surface area contributed by atoms with E-state index in [4.69, 9.17) is 23.2 Å². The molecule has 9 heteroatoms. The summed E-state index contributed by atoms with van der Waals surface area (Å²) in [7, 11) is 0. The van der Waals surface area contributed by atoms with Gasteiger partial charge >= 0.3 is 0 Å². The fraction of sp³-hybridized carbons (Fsp3) is 0.0345. The van der Waals surface area contributed by atoms with Crippen LogP contribution in [0.1, 0.15) is 26.3 Å². The number of H-pyrrole nitrogens is 2. The molecule has 0 unspecified atom stereocenters. The summed E-state index contributed by atoms with van der Waals surface area (Å²) in [4.78, 5) is 60.0. The van der Waals surface area contributed by atoms with Crippen LogP contribution < -0.4 is 10.9 Å². The normalized spacial score (nSPS) is 13.4. The Morgan fingerprint density at radius 2 is 1.13 bits per heavy atom. The van der Waals surface area contributed by atoms with E-state index < -0.39 is 11.8 Å². The molecular formula is C29H15Cl2N3O4. The van der Waals surface area contributed by atoms with Crippen molar-refractivity contribution in [3.63, 3.8) is 0 Å². The number of hydrogen-bond acceptors (Lipinski definition) is 4. The van der Waals surface area contributed by atoms with E-state index in [1.54, 1.807) is 66.7 Å². The second-order valence-electron chi connectivity index (χ2n) is 9.27. The number of fused-ring (bicyclic) bond motifs is 5. The van der Waals surface area contributed by atoms with Crippen molar-refractivity contribution in [2.45, 2.75) is 6.54 Å². The SMILES string of the molecule is O=C1c2ccccc2C(=O)N1Cc1cc2c(=O)c3cc4[nH]c5cc(Cl)ccc5c(=O)c4cc3[nH]c2cc1Cl. The molecule has 0 radical (unpaired) electrons. The smallest absolute Gasteiger partial charge is 0.261 e. The average Bonchev–Trinajstić information content (AvgIpc) is 3.14. The summed E-state index contributed by atoms with van der Waals surface area (Å²) in [5.41, 5.74) is 2.73. The highest BCUT2D eigenvalue weighted by Crippen LogP contribution is 2.29. The number of carbonyl (C=O) groups excluding carboxylic acids is 2. The Hall–Kier alpha value is -4.46. The van der Waals surface area contributed by atoms with Gasteiger partial charge in [0, 0.05) is 31.6 Å². The number of pyridine rings is 2. The van der Waals surface area contributed by atoms with Gasteiger partial charge in [-0.05, 0) is 60.2 Å². The molecule has 0 fully saturated rings. The lowest BCUT2D eigenvalue weighted by molar-refractivity contribution is 0.0642. The van der Waals surface area contributed by atoms with E-state index >= 15 is 0 Å². The lowest BCUT2D eigenvalue weighted by atomic mass is 10.0. The first-order valence-electron chi connectivity index (χ1n) is 11.7. The fourth-order valence-corrected chi connectivity index (χ4v) is 5.56. The minimum atomic E-state index is -0.406. The van der Waals surface area contributed by atoms with Crippen LogP contribution in [0.25, 0.3) is 43.6 Å². The maximum absolute atomic E-state index is 13.6. The molecule has 7 nitrogen and oxygen atoms in total. The number of nitrogens with one attached hydrogen (secondary N) is 2. The monoisotopic (exact) mass is 539 g/mol. The molecular weight excluding hydrogens is 525 g/mol. The van der Waals surface area contributed by atoms with Crippen LogP contribution in [0.3, 0.4) is 0 Å². The molecule has 0 spiro atoms. The van der Waals surface area contributed by atoms with E-state index in [2.05, 4.69) is 9.97 Å². The third-order valence-electron chi connectivity index (χ3n) is 7.05. The second-order valence-corrected chi connectivity index (χ2v) is 10.1. The molecule has 184 valence electrons. The first-order valence-corrected chi connectivity index (χ1v) is 12.4. The molecule has 0 aliphatic carbocycles. The molecule has 2 N–H and O–H groups in total. The van der Waals surface area contributed by atoms with Gasteiger partial charge in [0.05, 0.1) is 39.7 Å². The number of hydrogen-bond donors (Lipinski definition) is 2. The van der Waals surface area contributed by atoms with Crippen LogP contribution in [0.5, 0.6) is 0 Å². The molecule has 6 aromatic rings. The van der Waals surface area contributed by atoms with Crippen LogP contribution in [-0.2, 0) is 6.54 Å². The van der Waals surface area contributed by atoms with Gasteiger partial charge in [0.25, 0.3) is 11.8 Å². The van der Waals surface area contributed by atoms with Crippen LogP contribution >= 0.6 is 23.2 Å². The molecule has 3 heterocycles. The number of benzene rings is 4. The van der Waals surface area contributed by atoms with E-state index in [1.165, 1.54) is 0 Å². The third kappa shape index (κ3) is 3.22. The molecule has 0 bridgehead atoms. The maximum atomic E-state index is 13.6. The largest absolute Gasteiger partial charge is 0.354 e. The Kier molecular flexibility index (Phi) is 4.79. The Labute approximate surface area is 223 Å². The van der Waals surface area contributed by atoms with Crippen molar-refractivity contribution in [2.24, 2.45) is 0 Å². The standard InChI is InChI=1S/C29H15Cl2N3O4/c30-14-5-6-17-22(8-14)32-23-10-20-24(9-19(23)26(17)35)33-25-11-21(31)13(7-18(25)27(20)36)12-34-28(37)15-3-1-2-4-16(15)29(34)38/h1-11H,12H2,(H,32,35)(H,33,36). The molecule has 1 aliphatic rings. The van der Waals surface area contributed by atoms with Gasteiger partial charge in [-0.25, -0.2) is 0 Å². The minimum Gasteiger partial charge on any atom is -0.354 e. The van der Waals surface area contributed by atoms with E-state index in [1.807, 2.05) is 0 Å². The predicted octanol–water partition coefficient (Wildman–Crippen LogP) is 5.78. The summed E-state index contributed by atoms with van der Waals surface area (Å²) < 4.78 is 0. The van der Waals surface area contributed by atoms with E-state index in [0.717, 1.165) is 4.90 Å². The molecule has 4 aromatic carbocycles. The molecule has 0 atom stereocenters. The van der Waals surface area contributed by atoms with E-state index in [0.29, 0.717) is 70.3 Å². The molecule has 38 heavy (non-hydrogen) atoms. The highest BCUT2D eigenvalue weighted by atomic mass is 35.5. The van der Waals surface area contributed by atoms with Gasteiger partial charge < -0.3 is 9.97 Å². The van der Waals surface area contributed by atoms with Gasteiger partial charge in [0.2, 0.25) is 0 Å². The zero-order chi connectivity index (χ0) is 26.3. The van der Waals surface area contributed by atoms with Crippen LogP contribution in [-0.4, -0.2) is 26.7 Å². The molecule has 2 amide bonds. The molecule has 1 aliphatic heterocycles. The van der Waals surface area contributed by atoms with Crippen molar-refractivity contribution in [3.8, 4) is 0 Å². The Morgan fingerprint density at radius 1 is 0.605 bits per heavy atom. The number of amides is 2. The number of halogens is 2. The summed E-state index contributed by atoms with van der Waals surface area (Å²) in [6, 6.07) is 18.1. The lowest BCUT2D eigenvalue weighted by Crippen LogP contribution is -2.29. The average molecular weight is 540 g/mol. The fourth-order valence-electron chi connectivity index (χ4n) is 5.16. The third-order valence-corrected chi connectivity index (χ3v) is 7.64. The Bertz CT molecular complexity index is 2150. The van der Waals surface area contributed by atoms with Gasteiger partial charge in [-0.3, -0.25) is 24.1 Å². The number of imide groups is 1. The summed E-state index contributed by atoms with van der Waals surface area (Å²) >= 11 is 12.7. The van der Waals surface area contributed by atoms with Gasteiger partial charge in [-0.15, -0.1) is 0 Å². The topological polar surface area (TPSA) is 103 Å². The molecule has 0 saturated carbocycles. The summed E-state index contributed by atoms with van der Waals surface area (Å²) in [5.74, 6) is -0.811.